The van der Waals surface area contributed by atoms with Crippen molar-refractivity contribution < 1.29 is 14.3 Å². The van der Waals surface area contributed by atoms with Gasteiger partial charge in [-0.2, -0.15) is 0 Å². The highest BCUT2D eigenvalue weighted by Gasteiger charge is 2.33. The molecule has 4 nitrogen and oxygen atoms in total. The zero-order valence-electron chi connectivity index (χ0n) is 15.6. The van der Waals surface area contributed by atoms with Crippen LogP contribution < -0.4 is 9.64 Å². The van der Waals surface area contributed by atoms with E-state index in [4.69, 9.17) is 9.47 Å². The summed E-state index contributed by atoms with van der Waals surface area (Å²) in [6.45, 7) is 0. The fourth-order valence-electron chi connectivity index (χ4n) is 3.76. The number of benzene rings is 3. The molecule has 136 valence electrons. The molecule has 0 bridgehead atoms. The van der Waals surface area contributed by atoms with E-state index in [1.54, 1.807) is 0 Å². The highest BCUT2D eigenvalue weighted by atomic mass is 16.5. The van der Waals surface area contributed by atoms with E-state index < -0.39 is 0 Å². The van der Waals surface area contributed by atoms with E-state index >= 15 is 0 Å². The first-order valence-electron chi connectivity index (χ1n) is 8.86. The predicted molar refractivity (Wildman–Crippen MR) is 106 cm³/mol. The van der Waals surface area contributed by atoms with Crippen molar-refractivity contribution in [1.82, 2.24) is 0 Å². The average molecular weight is 359 g/mol. The number of nitrogens with zero attached hydrogens (tertiary/aromatic N) is 1. The summed E-state index contributed by atoms with van der Waals surface area (Å²) in [5.74, 6) is 1.16. The van der Waals surface area contributed by atoms with Crippen molar-refractivity contribution in [2.75, 3.05) is 26.1 Å². The largest absolute Gasteiger partial charge is 0.465 e. The van der Waals surface area contributed by atoms with Crippen LogP contribution in [0.3, 0.4) is 0 Å². The van der Waals surface area contributed by atoms with Crippen LogP contribution in [-0.2, 0) is 4.74 Å². The fourth-order valence-corrected chi connectivity index (χ4v) is 3.76. The van der Waals surface area contributed by atoms with Gasteiger partial charge in [0.15, 0.2) is 0 Å². The third kappa shape index (κ3) is 2.83. The van der Waals surface area contributed by atoms with Gasteiger partial charge in [-0.15, -0.1) is 0 Å². The number of methoxy groups -OCH3 is 1. The number of ether oxygens (including phenoxy) is 2. The summed E-state index contributed by atoms with van der Waals surface area (Å²) < 4.78 is 11.2. The van der Waals surface area contributed by atoms with Gasteiger partial charge in [0.05, 0.1) is 12.7 Å². The van der Waals surface area contributed by atoms with Crippen LogP contribution >= 0.6 is 0 Å². The second-order valence-corrected chi connectivity index (χ2v) is 6.74. The molecule has 0 fully saturated rings. The zero-order chi connectivity index (χ0) is 19.0. The summed E-state index contributed by atoms with van der Waals surface area (Å²) in [4.78, 5) is 14.5. The van der Waals surface area contributed by atoms with Gasteiger partial charge in [-0.25, -0.2) is 4.79 Å². The smallest absolute Gasteiger partial charge is 0.338 e. The van der Waals surface area contributed by atoms with Gasteiger partial charge < -0.3 is 14.4 Å². The Labute approximate surface area is 159 Å². The third-order valence-electron chi connectivity index (χ3n) is 4.94. The second kappa shape index (κ2) is 6.80. The number of anilines is 1. The average Bonchev–Trinajstić information content (AvgIpc) is 2.70. The number of rotatable bonds is 3. The van der Waals surface area contributed by atoms with Crippen LogP contribution in [0.15, 0.2) is 66.7 Å². The van der Waals surface area contributed by atoms with Crippen LogP contribution in [0.4, 0.5) is 5.69 Å². The van der Waals surface area contributed by atoms with E-state index in [0.29, 0.717) is 5.56 Å². The van der Waals surface area contributed by atoms with Gasteiger partial charge in [0.25, 0.3) is 0 Å². The van der Waals surface area contributed by atoms with Crippen molar-refractivity contribution in [3.8, 4) is 11.5 Å². The quantitative estimate of drug-likeness (QED) is 0.491. The summed E-state index contributed by atoms with van der Waals surface area (Å²) in [5.41, 5.74) is 4.64. The summed E-state index contributed by atoms with van der Waals surface area (Å²) >= 11 is 0. The third-order valence-corrected chi connectivity index (χ3v) is 4.94. The van der Waals surface area contributed by atoms with E-state index in [9.17, 15) is 4.79 Å². The maximum Gasteiger partial charge on any atom is 0.338 e. The summed E-state index contributed by atoms with van der Waals surface area (Å²) in [7, 11) is 5.44. The van der Waals surface area contributed by atoms with Crippen molar-refractivity contribution in [3.63, 3.8) is 0 Å². The molecule has 3 aromatic carbocycles. The number of hydrogen-bond donors (Lipinski definition) is 0. The van der Waals surface area contributed by atoms with Gasteiger partial charge >= 0.3 is 5.97 Å². The monoisotopic (exact) mass is 359 g/mol. The Hall–Kier alpha value is -3.27. The van der Waals surface area contributed by atoms with Crippen molar-refractivity contribution in [2.45, 2.75) is 5.92 Å². The van der Waals surface area contributed by atoms with E-state index in [1.807, 2.05) is 68.7 Å². The van der Waals surface area contributed by atoms with Crippen LogP contribution in [0, 0.1) is 0 Å². The van der Waals surface area contributed by atoms with Gasteiger partial charge in [0.1, 0.15) is 11.5 Å². The number of esters is 1. The molecule has 0 saturated carbocycles. The van der Waals surface area contributed by atoms with E-state index in [2.05, 4.69) is 17.0 Å². The molecule has 27 heavy (non-hydrogen) atoms. The van der Waals surface area contributed by atoms with Gasteiger partial charge in [-0.3, -0.25) is 0 Å². The number of para-hydroxylation sites is 1. The minimum Gasteiger partial charge on any atom is -0.465 e. The molecule has 0 aromatic heterocycles. The number of carbonyl (C=O) groups excluding carboxylic acids is 1. The summed E-state index contributed by atoms with van der Waals surface area (Å²) in [6.07, 6.45) is 0. The van der Waals surface area contributed by atoms with Gasteiger partial charge in [0.2, 0.25) is 0 Å². The Morgan fingerprint density at radius 1 is 0.889 bits per heavy atom. The number of hydrogen-bond acceptors (Lipinski definition) is 4. The Bertz CT molecular complexity index is 1010. The Morgan fingerprint density at radius 3 is 2.30 bits per heavy atom. The lowest BCUT2D eigenvalue weighted by atomic mass is 9.79. The highest BCUT2D eigenvalue weighted by Crippen LogP contribution is 2.51. The lowest BCUT2D eigenvalue weighted by molar-refractivity contribution is 0.0599. The van der Waals surface area contributed by atoms with Crippen molar-refractivity contribution in [1.29, 1.82) is 0 Å². The molecule has 0 amide bonds. The van der Waals surface area contributed by atoms with Crippen LogP contribution in [0.25, 0.3) is 0 Å². The van der Waals surface area contributed by atoms with Gasteiger partial charge in [-0.1, -0.05) is 42.5 Å². The molecule has 1 aliphatic heterocycles. The van der Waals surface area contributed by atoms with Crippen molar-refractivity contribution >= 4 is 11.7 Å². The number of carbonyl (C=O) groups is 1. The van der Waals surface area contributed by atoms with Crippen LogP contribution in [0.5, 0.6) is 11.5 Å². The molecule has 0 saturated heterocycles. The fraction of sp³-hybridized carbons (Fsp3) is 0.174. The summed E-state index contributed by atoms with van der Waals surface area (Å²) in [6, 6.07) is 21.7. The van der Waals surface area contributed by atoms with Gasteiger partial charge in [-0.05, 0) is 29.8 Å². The minimum atomic E-state index is -0.335. The predicted octanol–water partition coefficient (Wildman–Crippen LogP) is 4.83. The molecular weight excluding hydrogens is 338 g/mol. The van der Waals surface area contributed by atoms with E-state index in [-0.39, 0.29) is 11.9 Å². The minimum absolute atomic E-state index is 0.126. The maximum absolute atomic E-state index is 12.5. The topological polar surface area (TPSA) is 38.8 Å². The van der Waals surface area contributed by atoms with Crippen molar-refractivity contribution in [2.24, 2.45) is 0 Å². The molecule has 0 spiro atoms. The standard InChI is InChI=1S/C23H21NO3/c1-24(2)18-12-8-14-20-22(18)21(17-11-6-7-13-19(17)27-20)15-9-4-5-10-16(15)23(25)26-3/h4-14,21H,1-3H3. The van der Waals surface area contributed by atoms with E-state index in [0.717, 1.165) is 33.9 Å². The Balaban J connectivity index is 2.04. The van der Waals surface area contributed by atoms with Gasteiger partial charge in [0, 0.05) is 36.8 Å². The molecule has 0 radical (unpaired) electrons. The molecule has 1 aliphatic rings. The molecule has 1 heterocycles. The first-order valence-corrected chi connectivity index (χ1v) is 8.86. The van der Waals surface area contributed by atoms with E-state index in [1.165, 1.54) is 7.11 Å². The zero-order valence-corrected chi connectivity index (χ0v) is 15.6. The van der Waals surface area contributed by atoms with Crippen LogP contribution in [-0.4, -0.2) is 27.2 Å². The lowest BCUT2D eigenvalue weighted by Crippen LogP contribution is -2.20. The normalized spacial score (nSPS) is 14.6. The number of fused-ring (bicyclic) bond motifs is 2. The van der Waals surface area contributed by atoms with Crippen LogP contribution in [0.1, 0.15) is 33.0 Å². The molecule has 4 heteroatoms. The molecule has 3 aromatic rings. The Morgan fingerprint density at radius 2 is 1.56 bits per heavy atom. The van der Waals surface area contributed by atoms with Crippen LogP contribution in [0.2, 0.25) is 0 Å². The second-order valence-electron chi connectivity index (χ2n) is 6.74. The molecule has 1 unspecified atom stereocenters. The SMILES string of the molecule is COC(=O)c1ccccc1C1c2ccccc2Oc2cccc(N(C)C)c21. The summed E-state index contributed by atoms with van der Waals surface area (Å²) in [5, 5.41) is 0. The molecule has 0 aliphatic carbocycles. The van der Waals surface area contributed by atoms with Crippen molar-refractivity contribution in [3.05, 3.63) is 89.0 Å². The highest BCUT2D eigenvalue weighted by molar-refractivity contribution is 5.92. The first-order chi connectivity index (χ1) is 13.1. The maximum atomic E-state index is 12.5. The lowest BCUT2D eigenvalue weighted by Gasteiger charge is -2.32. The molecule has 4 rings (SSSR count). The molecule has 0 N–H and O–H groups in total. The molecule has 1 atom stereocenters. The molecular formula is C23H21NO3. The Kier molecular flexibility index (Phi) is 4.32. The first kappa shape index (κ1) is 17.2.